The molecule has 2 fully saturated rings. The predicted molar refractivity (Wildman–Crippen MR) is 153 cm³/mol. The topological polar surface area (TPSA) is 111 Å². The molecule has 2 saturated heterocycles. The van der Waals surface area contributed by atoms with E-state index in [0.717, 1.165) is 98.4 Å². The summed E-state index contributed by atoms with van der Waals surface area (Å²) in [5.41, 5.74) is 9.91. The molecule has 39 heavy (non-hydrogen) atoms. The molecule has 0 radical (unpaired) electrons. The van der Waals surface area contributed by atoms with Crippen molar-refractivity contribution in [3.63, 3.8) is 0 Å². The first-order chi connectivity index (χ1) is 19.2. The van der Waals surface area contributed by atoms with E-state index < -0.39 is 0 Å². The third-order valence-electron chi connectivity index (χ3n) is 7.02. The first-order valence-electron chi connectivity index (χ1n) is 13.4. The van der Waals surface area contributed by atoms with Crippen LogP contribution in [0.25, 0.3) is 22.0 Å². The van der Waals surface area contributed by atoms with Gasteiger partial charge in [0.15, 0.2) is 0 Å². The highest BCUT2D eigenvalue weighted by Gasteiger charge is 2.15. The van der Waals surface area contributed by atoms with Gasteiger partial charge in [0.05, 0.1) is 43.8 Å². The monoisotopic (exact) mass is 527 g/mol. The number of pyridine rings is 1. The highest BCUT2D eigenvalue weighted by atomic mass is 16.5. The van der Waals surface area contributed by atoms with Gasteiger partial charge >= 0.3 is 0 Å². The van der Waals surface area contributed by atoms with Crippen molar-refractivity contribution in [2.24, 2.45) is 0 Å². The molecule has 2 aromatic heterocycles. The second kappa shape index (κ2) is 11.8. The van der Waals surface area contributed by atoms with Gasteiger partial charge in [0.25, 0.3) is 0 Å². The van der Waals surface area contributed by atoms with Crippen LogP contribution in [0.4, 0.5) is 23.3 Å². The highest BCUT2D eigenvalue weighted by molar-refractivity contribution is 5.99. The molecule has 6 rings (SSSR count). The number of fused-ring (bicyclic) bond motifs is 1. The molecule has 10 heteroatoms. The van der Waals surface area contributed by atoms with E-state index in [1.807, 2.05) is 48.5 Å². The largest absolute Gasteiger partial charge is 0.492 e. The summed E-state index contributed by atoms with van der Waals surface area (Å²) in [6.45, 7) is 8.10. The molecule has 0 amide bonds. The van der Waals surface area contributed by atoms with Crippen molar-refractivity contribution < 1.29 is 14.2 Å². The van der Waals surface area contributed by atoms with E-state index in [1.54, 1.807) is 6.20 Å². The van der Waals surface area contributed by atoms with Gasteiger partial charge in [-0.15, -0.1) is 0 Å². The van der Waals surface area contributed by atoms with Crippen molar-refractivity contribution in [1.82, 2.24) is 19.9 Å². The highest BCUT2D eigenvalue weighted by Crippen LogP contribution is 2.32. The zero-order valence-electron chi connectivity index (χ0n) is 21.9. The van der Waals surface area contributed by atoms with Crippen LogP contribution in [0.3, 0.4) is 0 Å². The molecule has 202 valence electrons. The summed E-state index contributed by atoms with van der Waals surface area (Å²) in [4.78, 5) is 18.5. The number of benzene rings is 2. The molecule has 0 unspecified atom stereocenters. The molecule has 4 aromatic rings. The van der Waals surface area contributed by atoms with E-state index in [1.165, 1.54) is 0 Å². The molecule has 0 aliphatic carbocycles. The van der Waals surface area contributed by atoms with Crippen LogP contribution in [0.15, 0.2) is 60.8 Å². The number of nitrogens with two attached hydrogens (primary N) is 1. The number of nitrogens with zero attached hydrogens (tertiary/aromatic N) is 5. The molecule has 3 N–H and O–H groups in total. The lowest BCUT2D eigenvalue weighted by molar-refractivity contribution is 0.0322. The Labute approximate surface area is 227 Å². The van der Waals surface area contributed by atoms with E-state index in [2.05, 4.69) is 31.2 Å². The van der Waals surface area contributed by atoms with Crippen molar-refractivity contribution in [3.8, 4) is 16.9 Å². The lowest BCUT2D eigenvalue weighted by atomic mass is 10.0. The van der Waals surface area contributed by atoms with Crippen LogP contribution >= 0.6 is 0 Å². The Kier molecular flexibility index (Phi) is 7.66. The standard InChI is InChI=1S/C29H33N7O3/c30-28-25-6-2-5-24(21-3-1-4-23(19-21)39-18-11-35-9-14-37-15-10-35)27(25)33-29(34-28)32-22-7-8-26(31-20-22)36-12-16-38-17-13-36/h1-8,19-20H,9-18H2,(H3,30,32,33,34). The first-order valence-corrected chi connectivity index (χ1v) is 13.4. The van der Waals surface area contributed by atoms with Crippen LogP contribution < -0.4 is 20.7 Å². The number of aromatic nitrogens is 3. The lowest BCUT2D eigenvalue weighted by Crippen LogP contribution is -2.38. The fraction of sp³-hybridized carbons (Fsp3) is 0.345. The van der Waals surface area contributed by atoms with Crippen LogP contribution in [0, 0.1) is 0 Å². The van der Waals surface area contributed by atoms with Crippen LogP contribution in [0.5, 0.6) is 5.75 Å². The van der Waals surface area contributed by atoms with Gasteiger partial charge in [0.1, 0.15) is 24.0 Å². The molecule has 0 bridgehead atoms. The Morgan fingerprint density at radius 2 is 1.69 bits per heavy atom. The van der Waals surface area contributed by atoms with Gasteiger partial charge in [-0.2, -0.15) is 4.98 Å². The minimum Gasteiger partial charge on any atom is -0.492 e. The lowest BCUT2D eigenvalue weighted by Gasteiger charge is -2.27. The zero-order valence-corrected chi connectivity index (χ0v) is 21.9. The third-order valence-corrected chi connectivity index (χ3v) is 7.02. The van der Waals surface area contributed by atoms with Crippen molar-refractivity contribution in [2.75, 3.05) is 81.7 Å². The van der Waals surface area contributed by atoms with Gasteiger partial charge in [-0.25, -0.2) is 9.97 Å². The number of ether oxygens (including phenoxy) is 3. The molecule has 0 atom stereocenters. The number of morpholine rings is 2. The van der Waals surface area contributed by atoms with E-state index in [-0.39, 0.29) is 0 Å². The van der Waals surface area contributed by atoms with Gasteiger partial charge in [0.2, 0.25) is 5.95 Å². The van der Waals surface area contributed by atoms with Crippen LogP contribution in [0.2, 0.25) is 0 Å². The minimum atomic E-state index is 0.417. The maximum absolute atomic E-state index is 6.38. The number of nitrogens with one attached hydrogen (secondary N) is 1. The molecular weight excluding hydrogens is 494 g/mol. The molecule has 2 aliphatic heterocycles. The second-order valence-corrected chi connectivity index (χ2v) is 9.59. The Morgan fingerprint density at radius 1 is 0.897 bits per heavy atom. The maximum atomic E-state index is 6.38. The summed E-state index contributed by atoms with van der Waals surface area (Å²) < 4.78 is 17.0. The Balaban J connectivity index is 1.20. The number of nitrogen functional groups attached to an aromatic ring is 1. The molecule has 0 spiro atoms. The molecular formula is C29H33N7O3. The van der Waals surface area contributed by atoms with Crippen LogP contribution in [-0.4, -0.2) is 85.6 Å². The third kappa shape index (κ3) is 6.03. The van der Waals surface area contributed by atoms with E-state index in [9.17, 15) is 0 Å². The van der Waals surface area contributed by atoms with Crippen LogP contribution in [0.1, 0.15) is 0 Å². The fourth-order valence-electron chi connectivity index (χ4n) is 4.90. The summed E-state index contributed by atoms with van der Waals surface area (Å²) in [5, 5.41) is 4.07. The molecule has 2 aromatic carbocycles. The number of hydrogen-bond acceptors (Lipinski definition) is 10. The van der Waals surface area contributed by atoms with Gasteiger partial charge in [-0.05, 0) is 35.9 Å². The summed E-state index contributed by atoms with van der Waals surface area (Å²) >= 11 is 0. The summed E-state index contributed by atoms with van der Waals surface area (Å²) in [6, 6.07) is 18.0. The normalized spacial score (nSPS) is 16.4. The van der Waals surface area contributed by atoms with Crippen LogP contribution in [-0.2, 0) is 9.47 Å². The van der Waals surface area contributed by atoms with Crippen molar-refractivity contribution in [2.45, 2.75) is 0 Å². The minimum absolute atomic E-state index is 0.417. The quantitative estimate of drug-likeness (QED) is 0.353. The number of anilines is 4. The number of rotatable bonds is 8. The predicted octanol–water partition coefficient (Wildman–Crippen LogP) is 3.57. The van der Waals surface area contributed by atoms with Crippen molar-refractivity contribution in [3.05, 3.63) is 60.8 Å². The Hall–Kier alpha value is -3.99. The van der Waals surface area contributed by atoms with Crippen molar-refractivity contribution >= 4 is 34.2 Å². The fourth-order valence-corrected chi connectivity index (χ4v) is 4.90. The SMILES string of the molecule is Nc1nc(Nc2ccc(N3CCOCC3)nc2)nc2c(-c3cccc(OCCN4CCOCC4)c3)cccc12. The molecule has 4 heterocycles. The zero-order chi connectivity index (χ0) is 26.4. The molecule has 10 nitrogen and oxygen atoms in total. The summed E-state index contributed by atoms with van der Waals surface area (Å²) in [6.07, 6.45) is 1.79. The Morgan fingerprint density at radius 3 is 2.49 bits per heavy atom. The molecule has 2 aliphatic rings. The second-order valence-electron chi connectivity index (χ2n) is 9.59. The smallest absolute Gasteiger partial charge is 0.229 e. The summed E-state index contributed by atoms with van der Waals surface area (Å²) in [7, 11) is 0. The number of hydrogen-bond donors (Lipinski definition) is 2. The van der Waals surface area contributed by atoms with Crippen molar-refractivity contribution in [1.29, 1.82) is 0 Å². The summed E-state index contributed by atoms with van der Waals surface area (Å²) in [5.74, 6) is 2.59. The van der Waals surface area contributed by atoms with E-state index in [4.69, 9.17) is 24.9 Å². The average Bonchev–Trinajstić information content (AvgIpc) is 2.99. The molecule has 0 saturated carbocycles. The maximum Gasteiger partial charge on any atom is 0.229 e. The van der Waals surface area contributed by atoms with Gasteiger partial charge in [0, 0.05) is 43.7 Å². The van der Waals surface area contributed by atoms with E-state index in [0.29, 0.717) is 18.4 Å². The van der Waals surface area contributed by atoms with Gasteiger partial charge < -0.3 is 30.2 Å². The van der Waals surface area contributed by atoms with E-state index >= 15 is 0 Å². The van der Waals surface area contributed by atoms with Gasteiger partial charge in [-0.3, -0.25) is 4.90 Å². The van der Waals surface area contributed by atoms with Gasteiger partial charge in [-0.1, -0.05) is 24.3 Å². The first kappa shape index (κ1) is 25.3. The Bertz CT molecular complexity index is 1400. The number of para-hydroxylation sites is 1. The average molecular weight is 528 g/mol.